The van der Waals surface area contributed by atoms with Crippen molar-refractivity contribution in [3.63, 3.8) is 0 Å². The first-order valence-corrected chi connectivity index (χ1v) is 10.4. The maximum Gasteiger partial charge on any atom is 0.308 e. The average Bonchev–Trinajstić information content (AvgIpc) is 2.66. The molecule has 0 amide bonds. The zero-order valence-corrected chi connectivity index (χ0v) is 18.9. The van der Waals surface area contributed by atoms with E-state index in [0.717, 1.165) is 29.8 Å². The normalized spacial score (nSPS) is 12.5. The first-order chi connectivity index (χ1) is 13.8. The fourth-order valence-electron chi connectivity index (χ4n) is 4.14. The van der Waals surface area contributed by atoms with Gasteiger partial charge in [-0.2, -0.15) is 0 Å². The Balaban J connectivity index is 2.55. The largest absolute Gasteiger partial charge is 0.496 e. The number of nitrogens with zero attached hydrogens (tertiary/aromatic N) is 1. The summed E-state index contributed by atoms with van der Waals surface area (Å²) in [5.41, 5.74) is 3.25. The van der Waals surface area contributed by atoms with Gasteiger partial charge < -0.3 is 9.47 Å². The standard InChI is InChI=1S/C25H35NO3/c1-17(2)26(18(3)4)16-15-22(21-11-9-8-10-12-21)25-19(5)23(28-7)13-14-24(25)29-20(6)27/h8-14,17-18,22H,15-16H2,1-7H3. The van der Waals surface area contributed by atoms with Crippen molar-refractivity contribution in [1.29, 1.82) is 0 Å². The number of methoxy groups -OCH3 is 1. The molecule has 0 saturated heterocycles. The Hall–Kier alpha value is -2.33. The fraction of sp³-hybridized carbons (Fsp3) is 0.480. The lowest BCUT2D eigenvalue weighted by molar-refractivity contribution is -0.131. The lowest BCUT2D eigenvalue weighted by Gasteiger charge is -2.33. The van der Waals surface area contributed by atoms with Crippen LogP contribution in [0.3, 0.4) is 0 Å². The van der Waals surface area contributed by atoms with E-state index in [9.17, 15) is 4.79 Å². The zero-order chi connectivity index (χ0) is 21.6. The molecule has 0 saturated carbocycles. The summed E-state index contributed by atoms with van der Waals surface area (Å²) in [5.74, 6) is 1.21. The second-order valence-corrected chi connectivity index (χ2v) is 8.08. The molecule has 0 aromatic heterocycles. The molecule has 2 aromatic carbocycles. The van der Waals surface area contributed by atoms with E-state index in [-0.39, 0.29) is 11.9 Å². The third-order valence-electron chi connectivity index (χ3n) is 5.45. The van der Waals surface area contributed by atoms with Crippen LogP contribution >= 0.6 is 0 Å². The third-order valence-corrected chi connectivity index (χ3v) is 5.45. The smallest absolute Gasteiger partial charge is 0.308 e. The molecule has 0 bridgehead atoms. The van der Waals surface area contributed by atoms with Crippen LogP contribution in [-0.4, -0.2) is 36.6 Å². The van der Waals surface area contributed by atoms with Gasteiger partial charge in [-0.3, -0.25) is 9.69 Å². The Morgan fingerprint density at radius 3 is 2.07 bits per heavy atom. The molecule has 2 aromatic rings. The Bertz CT molecular complexity index is 791. The van der Waals surface area contributed by atoms with Gasteiger partial charge in [0.1, 0.15) is 11.5 Å². The molecule has 1 unspecified atom stereocenters. The topological polar surface area (TPSA) is 38.8 Å². The van der Waals surface area contributed by atoms with Gasteiger partial charge >= 0.3 is 5.97 Å². The number of hydrogen-bond acceptors (Lipinski definition) is 4. The lowest BCUT2D eigenvalue weighted by Crippen LogP contribution is -2.38. The Labute approximate surface area is 175 Å². The van der Waals surface area contributed by atoms with Crippen LogP contribution in [0.25, 0.3) is 0 Å². The van der Waals surface area contributed by atoms with E-state index in [2.05, 4.69) is 56.9 Å². The predicted octanol–water partition coefficient (Wildman–Crippen LogP) is 5.57. The molecule has 4 heteroatoms. The number of ether oxygens (including phenoxy) is 2. The van der Waals surface area contributed by atoms with Crippen LogP contribution in [0.2, 0.25) is 0 Å². The van der Waals surface area contributed by atoms with Crippen LogP contribution in [0, 0.1) is 6.92 Å². The molecule has 0 aliphatic heterocycles. The summed E-state index contributed by atoms with van der Waals surface area (Å²) in [4.78, 5) is 14.3. The van der Waals surface area contributed by atoms with Crippen molar-refractivity contribution in [1.82, 2.24) is 4.90 Å². The van der Waals surface area contributed by atoms with E-state index in [1.54, 1.807) is 7.11 Å². The van der Waals surface area contributed by atoms with Crippen LogP contribution in [0.4, 0.5) is 0 Å². The second kappa shape index (κ2) is 10.4. The summed E-state index contributed by atoms with van der Waals surface area (Å²) in [7, 11) is 1.68. The van der Waals surface area contributed by atoms with E-state index in [4.69, 9.17) is 9.47 Å². The van der Waals surface area contributed by atoms with Gasteiger partial charge in [0, 0.05) is 30.5 Å². The molecule has 4 nitrogen and oxygen atoms in total. The molecule has 0 spiro atoms. The highest BCUT2D eigenvalue weighted by molar-refractivity contribution is 5.71. The van der Waals surface area contributed by atoms with Gasteiger partial charge in [0.25, 0.3) is 0 Å². The second-order valence-electron chi connectivity index (χ2n) is 8.08. The minimum atomic E-state index is -0.311. The van der Waals surface area contributed by atoms with Crippen LogP contribution in [0.15, 0.2) is 42.5 Å². The molecular formula is C25H35NO3. The summed E-state index contributed by atoms with van der Waals surface area (Å²) >= 11 is 0. The van der Waals surface area contributed by atoms with Crippen molar-refractivity contribution >= 4 is 5.97 Å². The van der Waals surface area contributed by atoms with Gasteiger partial charge in [0.15, 0.2) is 0 Å². The molecule has 0 fully saturated rings. The third kappa shape index (κ3) is 5.83. The quantitative estimate of drug-likeness (QED) is 0.410. The zero-order valence-electron chi connectivity index (χ0n) is 18.9. The highest BCUT2D eigenvalue weighted by Crippen LogP contribution is 2.40. The summed E-state index contributed by atoms with van der Waals surface area (Å²) in [6, 6.07) is 15.1. The van der Waals surface area contributed by atoms with E-state index < -0.39 is 0 Å². The minimum absolute atomic E-state index is 0.0978. The summed E-state index contributed by atoms with van der Waals surface area (Å²) < 4.78 is 11.2. The van der Waals surface area contributed by atoms with E-state index in [0.29, 0.717) is 17.8 Å². The molecule has 0 heterocycles. The van der Waals surface area contributed by atoms with Crippen molar-refractivity contribution in [3.05, 3.63) is 59.2 Å². The summed E-state index contributed by atoms with van der Waals surface area (Å²) in [5, 5.41) is 0. The molecular weight excluding hydrogens is 362 g/mol. The lowest BCUT2D eigenvalue weighted by atomic mass is 9.84. The maximum atomic E-state index is 11.8. The van der Waals surface area contributed by atoms with Gasteiger partial charge in [-0.1, -0.05) is 30.3 Å². The van der Waals surface area contributed by atoms with E-state index >= 15 is 0 Å². The fourth-order valence-corrected chi connectivity index (χ4v) is 4.14. The van der Waals surface area contributed by atoms with Crippen molar-refractivity contribution < 1.29 is 14.3 Å². The SMILES string of the molecule is COc1ccc(OC(C)=O)c(C(CCN(C(C)C)C(C)C)c2ccccc2)c1C. The van der Waals surface area contributed by atoms with E-state index in [1.165, 1.54) is 12.5 Å². The van der Waals surface area contributed by atoms with Crippen molar-refractivity contribution in [2.75, 3.05) is 13.7 Å². The Kier molecular flexibility index (Phi) is 8.27. The number of carbonyl (C=O) groups is 1. The molecule has 0 aliphatic carbocycles. The first kappa shape index (κ1) is 23.0. The molecule has 0 N–H and O–H groups in total. The monoisotopic (exact) mass is 397 g/mol. The summed E-state index contributed by atoms with van der Waals surface area (Å²) in [6.07, 6.45) is 0.919. The number of carbonyl (C=O) groups excluding carboxylic acids is 1. The number of esters is 1. The summed E-state index contributed by atoms with van der Waals surface area (Å²) in [6.45, 7) is 13.4. The minimum Gasteiger partial charge on any atom is -0.496 e. The number of hydrogen-bond donors (Lipinski definition) is 0. The van der Waals surface area contributed by atoms with Gasteiger partial charge in [0.05, 0.1) is 7.11 Å². The maximum absolute atomic E-state index is 11.8. The Morgan fingerprint density at radius 2 is 1.55 bits per heavy atom. The van der Waals surface area contributed by atoms with Gasteiger partial charge in [0.2, 0.25) is 0 Å². The highest BCUT2D eigenvalue weighted by Gasteiger charge is 2.25. The molecule has 158 valence electrons. The molecule has 1 atom stereocenters. The predicted molar refractivity (Wildman–Crippen MR) is 119 cm³/mol. The van der Waals surface area contributed by atoms with Crippen molar-refractivity contribution in [3.8, 4) is 11.5 Å². The molecule has 29 heavy (non-hydrogen) atoms. The average molecular weight is 398 g/mol. The molecule has 2 rings (SSSR count). The van der Waals surface area contributed by atoms with Gasteiger partial charge in [-0.15, -0.1) is 0 Å². The first-order valence-electron chi connectivity index (χ1n) is 10.4. The Morgan fingerprint density at radius 1 is 0.966 bits per heavy atom. The van der Waals surface area contributed by atoms with Crippen LogP contribution in [0.1, 0.15) is 63.6 Å². The van der Waals surface area contributed by atoms with Crippen LogP contribution < -0.4 is 9.47 Å². The van der Waals surface area contributed by atoms with Crippen LogP contribution in [-0.2, 0) is 4.79 Å². The highest BCUT2D eigenvalue weighted by atomic mass is 16.5. The number of benzene rings is 2. The van der Waals surface area contributed by atoms with E-state index in [1.807, 2.05) is 25.1 Å². The van der Waals surface area contributed by atoms with Crippen LogP contribution in [0.5, 0.6) is 11.5 Å². The van der Waals surface area contributed by atoms with Gasteiger partial charge in [-0.05, 0) is 70.8 Å². The van der Waals surface area contributed by atoms with Crippen molar-refractivity contribution in [2.45, 2.75) is 66.0 Å². The van der Waals surface area contributed by atoms with Crippen molar-refractivity contribution in [2.24, 2.45) is 0 Å². The number of rotatable bonds is 9. The molecule has 0 radical (unpaired) electrons. The molecule has 0 aliphatic rings. The van der Waals surface area contributed by atoms with Gasteiger partial charge in [-0.25, -0.2) is 0 Å².